The molecule has 1 fully saturated rings. The van der Waals surface area contributed by atoms with Crippen LogP contribution in [0.5, 0.6) is 0 Å². The quantitative estimate of drug-likeness (QED) is 0.716. The number of hydrogen-bond donors (Lipinski definition) is 2. The molecule has 0 heterocycles. The highest BCUT2D eigenvalue weighted by molar-refractivity contribution is 7.89. The van der Waals surface area contributed by atoms with Gasteiger partial charge in [0.25, 0.3) is 15.9 Å². The lowest BCUT2D eigenvalue weighted by atomic mass is 10.2. The number of halogens is 3. The minimum atomic E-state index is -5.47. The predicted octanol–water partition coefficient (Wildman–Crippen LogP) is 3.32. The van der Waals surface area contributed by atoms with Gasteiger partial charge < -0.3 is 10.6 Å². The molecule has 2 N–H and O–H groups in total. The van der Waals surface area contributed by atoms with Crippen LogP contribution in [0.1, 0.15) is 23.2 Å². The normalized spacial score (nSPS) is 14.2. The number of sulfonamides is 1. The number of nitrogens with zero attached hydrogens (tertiary/aromatic N) is 1. The van der Waals surface area contributed by atoms with E-state index in [0.717, 1.165) is 49.2 Å². The van der Waals surface area contributed by atoms with Gasteiger partial charge in [0.05, 0.1) is 4.90 Å². The molecule has 2 aromatic carbocycles. The monoisotopic (exact) mass is 427 g/mol. The fraction of sp³-hybridized carbons (Fsp3) is 0.222. The van der Waals surface area contributed by atoms with E-state index in [2.05, 4.69) is 10.6 Å². The maximum absolute atomic E-state index is 13.5. The van der Waals surface area contributed by atoms with Crippen LogP contribution in [0.2, 0.25) is 0 Å². The van der Waals surface area contributed by atoms with E-state index in [0.29, 0.717) is 0 Å². The number of carbonyl (C=O) groups is 2. The molecule has 0 saturated heterocycles. The molecule has 7 nitrogen and oxygen atoms in total. The lowest BCUT2D eigenvalue weighted by Gasteiger charge is -2.24. The van der Waals surface area contributed by atoms with Crippen LogP contribution in [0.4, 0.5) is 23.7 Å². The summed E-state index contributed by atoms with van der Waals surface area (Å²) < 4.78 is 64.5. The number of benzene rings is 2. The molecule has 0 spiro atoms. The van der Waals surface area contributed by atoms with Gasteiger partial charge in [-0.15, -0.1) is 17.5 Å². The van der Waals surface area contributed by atoms with Gasteiger partial charge in [-0.3, -0.25) is 4.79 Å². The van der Waals surface area contributed by atoms with Crippen molar-refractivity contribution in [1.29, 1.82) is 0 Å². The van der Waals surface area contributed by atoms with Crippen molar-refractivity contribution >= 4 is 27.6 Å². The first-order valence-electron chi connectivity index (χ1n) is 8.48. The summed E-state index contributed by atoms with van der Waals surface area (Å²) in [6.07, 6.45) is -3.73. The highest BCUT2D eigenvalue weighted by Crippen LogP contribution is 2.31. The highest BCUT2D eigenvalue weighted by atomic mass is 32.2. The molecule has 0 atom stereocenters. The Hall–Kier alpha value is -3.08. The molecule has 1 aliphatic rings. The fourth-order valence-electron chi connectivity index (χ4n) is 2.45. The average molecular weight is 427 g/mol. The first kappa shape index (κ1) is 20.6. The zero-order valence-electron chi connectivity index (χ0n) is 14.8. The summed E-state index contributed by atoms with van der Waals surface area (Å²) in [6.45, 7) is 0. The minimum absolute atomic E-state index is 0.0963. The van der Waals surface area contributed by atoms with Gasteiger partial charge in [0.2, 0.25) is 0 Å². The Bertz CT molecular complexity index is 1000. The van der Waals surface area contributed by atoms with Crippen molar-refractivity contribution in [3.8, 4) is 0 Å². The van der Waals surface area contributed by atoms with E-state index < -0.39 is 43.0 Å². The maximum atomic E-state index is 13.5. The second kappa shape index (κ2) is 7.74. The Morgan fingerprint density at radius 2 is 1.55 bits per heavy atom. The zero-order valence-corrected chi connectivity index (χ0v) is 15.6. The summed E-state index contributed by atoms with van der Waals surface area (Å²) in [6, 6.07) is 9.94. The van der Waals surface area contributed by atoms with E-state index in [1.54, 1.807) is 0 Å². The number of anilines is 1. The number of amides is 3. The summed E-state index contributed by atoms with van der Waals surface area (Å²) in [7, 11) is -5.23. The van der Waals surface area contributed by atoms with Crippen LogP contribution in [0.25, 0.3) is 0 Å². The number of carbonyl (C=O) groups excluding carboxylic acids is 2. The molecule has 154 valence electrons. The number of urea groups is 1. The Morgan fingerprint density at radius 1 is 0.966 bits per heavy atom. The van der Waals surface area contributed by atoms with Crippen LogP contribution < -0.4 is 10.6 Å². The maximum Gasteiger partial charge on any atom is 0.501 e. The SMILES string of the molecule is O=C(Nc1ccc(S(=O)(=O)N(C(=O)c2ccccc2)C(F)(F)F)cc1)NC1CC1. The molecular weight excluding hydrogens is 411 g/mol. The Labute approximate surface area is 164 Å². The number of nitrogens with one attached hydrogen (secondary N) is 2. The minimum Gasteiger partial charge on any atom is -0.335 e. The van der Waals surface area contributed by atoms with Gasteiger partial charge in [0, 0.05) is 17.3 Å². The third-order valence-corrected chi connectivity index (χ3v) is 5.72. The summed E-state index contributed by atoms with van der Waals surface area (Å²) in [5.74, 6) is -1.72. The Morgan fingerprint density at radius 3 is 2.07 bits per heavy atom. The van der Waals surface area contributed by atoms with Gasteiger partial charge >= 0.3 is 12.3 Å². The van der Waals surface area contributed by atoms with E-state index in [-0.39, 0.29) is 11.7 Å². The smallest absolute Gasteiger partial charge is 0.335 e. The van der Waals surface area contributed by atoms with Gasteiger partial charge in [-0.1, -0.05) is 18.2 Å². The number of alkyl halides is 3. The van der Waals surface area contributed by atoms with Gasteiger partial charge in [-0.05, 0) is 49.2 Å². The molecule has 0 unspecified atom stereocenters. The third-order valence-electron chi connectivity index (χ3n) is 4.00. The molecule has 0 bridgehead atoms. The van der Waals surface area contributed by atoms with E-state index in [1.165, 1.54) is 18.2 Å². The summed E-state index contributed by atoms with van der Waals surface area (Å²) in [5.41, 5.74) is -0.238. The van der Waals surface area contributed by atoms with Crippen molar-refractivity contribution in [1.82, 2.24) is 9.62 Å². The standard InChI is InChI=1S/C18H16F3N3O4S/c19-18(20,21)24(16(25)12-4-2-1-3-5-12)29(27,28)15-10-8-14(9-11-15)23-17(26)22-13-6-7-13/h1-5,8-11,13H,6-7H2,(H2,22,23,26). The van der Waals surface area contributed by atoms with Crippen LogP contribution in [-0.4, -0.2) is 37.0 Å². The van der Waals surface area contributed by atoms with Crippen molar-refractivity contribution in [3.63, 3.8) is 0 Å². The molecule has 1 aliphatic carbocycles. The summed E-state index contributed by atoms with van der Waals surface area (Å²) in [5, 5.41) is 5.10. The molecule has 3 rings (SSSR count). The van der Waals surface area contributed by atoms with Crippen LogP contribution >= 0.6 is 0 Å². The van der Waals surface area contributed by atoms with Crippen LogP contribution in [0.3, 0.4) is 0 Å². The third kappa shape index (κ3) is 4.86. The predicted molar refractivity (Wildman–Crippen MR) is 97.5 cm³/mol. The average Bonchev–Trinajstić information content (AvgIpc) is 3.45. The van der Waals surface area contributed by atoms with Crippen LogP contribution in [0, 0.1) is 0 Å². The molecule has 3 amide bonds. The van der Waals surface area contributed by atoms with Crippen molar-refractivity contribution in [2.75, 3.05) is 5.32 Å². The summed E-state index contributed by atoms with van der Waals surface area (Å²) >= 11 is 0. The van der Waals surface area contributed by atoms with Gasteiger partial charge in [0.15, 0.2) is 0 Å². The van der Waals surface area contributed by atoms with Crippen molar-refractivity contribution < 1.29 is 31.2 Å². The first-order chi connectivity index (χ1) is 13.6. The molecule has 29 heavy (non-hydrogen) atoms. The second-order valence-corrected chi connectivity index (χ2v) is 8.09. The second-order valence-electron chi connectivity index (χ2n) is 6.31. The lowest BCUT2D eigenvalue weighted by molar-refractivity contribution is -0.193. The number of hydrogen-bond acceptors (Lipinski definition) is 4. The molecule has 11 heteroatoms. The van der Waals surface area contributed by atoms with E-state index >= 15 is 0 Å². The van der Waals surface area contributed by atoms with E-state index in [9.17, 15) is 31.2 Å². The molecule has 0 aliphatic heterocycles. The highest BCUT2D eigenvalue weighted by Gasteiger charge is 2.50. The summed E-state index contributed by atoms with van der Waals surface area (Å²) in [4.78, 5) is 23.2. The lowest BCUT2D eigenvalue weighted by Crippen LogP contribution is -2.46. The fourth-order valence-corrected chi connectivity index (χ4v) is 3.74. The van der Waals surface area contributed by atoms with Crippen molar-refractivity contribution in [3.05, 3.63) is 60.2 Å². The van der Waals surface area contributed by atoms with Crippen molar-refractivity contribution in [2.45, 2.75) is 30.1 Å². The molecule has 1 saturated carbocycles. The molecular formula is C18H16F3N3O4S. The zero-order chi connectivity index (χ0) is 21.2. The largest absolute Gasteiger partial charge is 0.501 e. The van der Waals surface area contributed by atoms with E-state index in [1.807, 2.05) is 0 Å². The van der Waals surface area contributed by atoms with Crippen molar-refractivity contribution in [2.24, 2.45) is 0 Å². The van der Waals surface area contributed by atoms with Gasteiger partial charge in [-0.25, -0.2) is 13.2 Å². The molecule has 0 radical (unpaired) electrons. The molecule has 2 aromatic rings. The molecule has 0 aromatic heterocycles. The van der Waals surface area contributed by atoms with Gasteiger partial charge in [0.1, 0.15) is 0 Å². The van der Waals surface area contributed by atoms with Crippen LogP contribution in [-0.2, 0) is 10.0 Å². The Balaban J connectivity index is 1.85. The number of rotatable bonds is 5. The first-order valence-corrected chi connectivity index (χ1v) is 9.92. The van der Waals surface area contributed by atoms with E-state index in [4.69, 9.17) is 0 Å². The Kier molecular flexibility index (Phi) is 5.51. The van der Waals surface area contributed by atoms with Gasteiger partial charge in [-0.2, -0.15) is 0 Å². The topological polar surface area (TPSA) is 95.6 Å². The van der Waals surface area contributed by atoms with Crippen LogP contribution in [0.15, 0.2) is 59.5 Å².